The van der Waals surface area contributed by atoms with E-state index in [2.05, 4.69) is 26.2 Å². The molecule has 3 saturated carbocycles. The second-order valence-electron chi connectivity index (χ2n) is 9.03. The van der Waals surface area contributed by atoms with Crippen LogP contribution in [0.25, 0.3) is 0 Å². The van der Waals surface area contributed by atoms with E-state index in [0.717, 1.165) is 23.8 Å². The second kappa shape index (κ2) is 7.00. The highest BCUT2D eigenvalue weighted by molar-refractivity contribution is 5.57. The fraction of sp³-hybridized carbons (Fsp3) is 0.625. The summed E-state index contributed by atoms with van der Waals surface area (Å²) < 4.78 is 4.69. The number of allylic oxidation sites excluding steroid dienone is 5. The summed E-state index contributed by atoms with van der Waals surface area (Å²) in [5.41, 5.74) is 4.18. The smallest absolute Gasteiger partial charge is 0.449 e. The molecule has 0 aromatic carbocycles. The van der Waals surface area contributed by atoms with E-state index >= 15 is 0 Å². The van der Waals surface area contributed by atoms with Crippen molar-refractivity contribution in [3.05, 3.63) is 48.3 Å². The number of rotatable bonds is 3. The standard InChI is InChI=1S/C24H32O3/c1-4-24-13-11-19-18-8-6-5-7-17(18)9-10-20(19)22(24)16(3)15(2)21(24)12-14-27-23(25)26/h7,12,14,18-22H,2-6,8-11,13H2,1H3,(H,25,26)/b14-12-/t18-,19+,20+,21+,22-,24+/m0/s1. The van der Waals surface area contributed by atoms with Crippen LogP contribution in [0.2, 0.25) is 0 Å². The van der Waals surface area contributed by atoms with Gasteiger partial charge in [0.25, 0.3) is 0 Å². The van der Waals surface area contributed by atoms with Gasteiger partial charge in [0.1, 0.15) is 0 Å². The van der Waals surface area contributed by atoms with Crippen molar-refractivity contribution in [2.24, 2.45) is 35.0 Å². The lowest BCUT2D eigenvalue weighted by Crippen LogP contribution is -2.47. The molecule has 3 heteroatoms. The van der Waals surface area contributed by atoms with E-state index in [4.69, 9.17) is 9.84 Å². The molecule has 4 aliphatic carbocycles. The van der Waals surface area contributed by atoms with Crippen LogP contribution in [0.5, 0.6) is 0 Å². The normalized spacial score (nSPS) is 40.9. The average Bonchev–Trinajstić information content (AvgIpc) is 2.89. The number of fused-ring (bicyclic) bond motifs is 5. The molecule has 146 valence electrons. The molecule has 3 nitrogen and oxygen atoms in total. The van der Waals surface area contributed by atoms with Crippen LogP contribution in [-0.2, 0) is 4.74 Å². The maximum absolute atomic E-state index is 10.8. The Morgan fingerprint density at radius 3 is 2.85 bits per heavy atom. The Hall–Kier alpha value is -1.77. The Labute approximate surface area is 162 Å². The lowest BCUT2D eigenvalue weighted by Gasteiger charge is -2.54. The van der Waals surface area contributed by atoms with Crippen LogP contribution in [0.4, 0.5) is 4.79 Å². The van der Waals surface area contributed by atoms with E-state index in [1.807, 2.05) is 6.08 Å². The molecule has 1 N–H and O–H groups in total. The molecule has 6 atom stereocenters. The maximum atomic E-state index is 10.8. The molecule has 0 saturated heterocycles. The first-order chi connectivity index (χ1) is 13.0. The third-order valence-electron chi connectivity index (χ3n) is 8.31. The van der Waals surface area contributed by atoms with Crippen molar-refractivity contribution < 1.29 is 14.6 Å². The predicted octanol–water partition coefficient (Wildman–Crippen LogP) is 6.50. The van der Waals surface area contributed by atoms with Gasteiger partial charge in [0.05, 0.1) is 6.26 Å². The van der Waals surface area contributed by atoms with Gasteiger partial charge >= 0.3 is 6.16 Å². The molecule has 0 unspecified atom stereocenters. The molecule has 27 heavy (non-hydrogen) atoms. The molecule has 0 aromatic heterocycles. The monoisotopic (exact) mass is 368 g/mol. The number of hydrogen-bond acceptors (Lipinski definition) is 2. The van der Waals surface area contributed by atoms with Crippen molar-refractivity contribution in [3.8, 4) is 0 Å². The van der Waals surface area contributed by atoms with Gasteiger partial charge in [-0.05, 0) is 97.7 Å². The largest absolute Gasteiger partial charge is 0.510 e. The molecule has 0 heterocycles. The Morgan fingerprint density at radius 2 is 2.11 bits per heavy atom. The summed E-state index contributed by atoms with van der Waals surface area (Å²) in [7, 11) is 0. The van der Waals surface area contributed by atoms with Gasteiger partial charge in [-0.25, -0.2) is 4.79 Å². The van der Waals surface area contributed by atoms with Gasteiger partial charge in [-0.2, -0.15) is 0 Å². The summed E-state index contributed by atoms with van der Waals surface area (Å²) in [6, 6.07) is 0. The van der Waals surface area contributed by atoms with E-state index in [-0.39, 0.29) is 11.3 Å². The number of ether oxygens (including phenoxy) is 1. The molecule has 0 bridgehead atoms. The van der Waals surface area contributed by atoms with Crippen LogP contribution in [0.15, 0.2) is 48.3 Å². The topological polar surface area (TPSA) is 46.5 Å². The van der Waals surface area contributed by atoms with Crippen LogP contribution in [0.1, 0.15) is 58.3 Å². The van der Waals surface area contributed by atoms with Crippen molar-refractivity contribution in [3.63, 3.8) is 0 Å². The Bertz CT molecular complexity index is 715. The van der Waals surface area contributed by atoms with Crippen molar-refractivity contribution in [2.75, 3.05) is 0 Å². The lowest BCUT2D eigenvalue weighted by atomic mass is 9.50. The molecule has 0 amide bonds. The van der Waals surface area contributed by atoms with Crippen LogP contribution in [-0.4, -0.2) is 11.3 Å². The van der Waals surface area contributed by atoms with E-state index in [9.17, 15) is 4.79 Å². The Balaban J connectivity index is 1.66. The highest BCUT2D eigenvalue weighted by Crippen LogP contribution is 2.67. The van der Waals surface area contributed by atoms with E-state index < -0.39 is 6.16 Å². The predicted molar refractivity (Wildman–Crippen MR) is 107 cm³/mol. The molecular weight excluding hydrogens is 336 g/mol. The van der Waals surface area contributed by atoms with Gasteiger partial charge in [-0.15, -0.1) is 0 Å². The van der Waals surface area contributed by atoms with Crippen LogP contribution >= 0.6 is 0 Å². The third kappa shape index (κ3) is 2.81. The highest BCUT2D eigenvalue weighted by atomic mass is 16.7. The number of carboxylic acid groups (broad SMARTS) is 1. The molecule has 3 fully saturated rings. The minimum atomic E-state index is -1.26. The van der Waals surface area contributed by atoms with E-state index in [0.29, 0.717) is 11.8 Å². The van der Waals surface area contributed by atoms with Gasteiger partial charge < -0.3 is 9.84 Å². The maximum Gasteiger partial charge on any atom is 0.510 e. The SMILES string of the molecule is C=C1C(=C)[C@H]2[C@@H]3CCC4=CCCC[C@@H]4[C@H]3CC[C@]2(CC)[C@@H]1/C=C\OC(=O)O. The zero-order valence-electron chi connectivity index (χ0n) is 16.5. The summed E-state index contributed by atoms with van der Waals surface area (Å²) in [5.74, 6) is 2.90. The summed E-state index contributed by atoms with van der Waals surface area (Å²) in [4.78, 5) is 10.8. The molecule has 0 aromatic rings. The fourth-order valence-corrected chi connectivity index (χ4v) is 7.23. The van der Waals surface area contributed by atoms with Gasteiger partial charge in [0, 0.05) is 5.92 Å². The number of carbonyl (C=O) groups is 1. The first-order valence-electron chi connectivity index (χ1n) is 10.6. The van der Waals surface area contributed by atoms with Gasteiger partial charge in [0.15, 0.2) is 0 Å². The summed E-state index contributed by atoms with van der Waals surface area (Å²) in [6.45, 7) is 11.2. The third-order valence-corrected chi connectivity index (χ3v) is 8.31. The summed E-state index contributed by atoms with van der Waals surface area (Å²) in [5, 5.41) is 8.80. The average molecular weight is 369 g/mol. The van der Waals surface area contributed by atoms with Crippen LogP contribution in [0.3, 0.4) is 0 Å². The van der Waals surface area contributed by atoms with Gasteiger partial charge in [-0.3, -0.25) is 0 Å². The van der Waals surface area contributed by atoms with Gasteiger partial charge in [0.2, 0.25) is 0 Å². The van der Waals surface area contributed by atoms with Crippen molar-refractivity contribution >= 4 is 6.16 Å². The summed E-state index contributed by atoms with van der Waals surface area (Å²) >= 11 is 0. The zero-order valence-corrected chi connectivity index (χ0v) is 16.5. The molecule has 4 rings (SSSR count). The molecule has 0 radical (unpaired) electrons. The Kier molecular flexibility index (Phi) is 4.82. The highest BCUT2D eigenvalue weighted by Gasteiger charge is 2.59. The van der Waals surface area contributed by atoms with Crippen molar-refractivity contribution in [1.29, 1.82) is 0 Å². The summed E-state index contributed by atoms with van der Waals surface area (Å²) in [6.07, 6.45) is 14.6. The van der Waals surface area contributed by atoms with Crippen molar-refractivity contribution in [2.45, 2.75) is 58.3 Å². The van der Waals surface area contributed by atoms with Gasteiger partial charge in [-0.1, -0.05) is 31.7 Å². The fourth-order valence-electron chi connectivity index (χ4n) is 7.23. The minimum absolute atomic E-state index is 0.129. The molecular formula is C24H32O3. The van der Waals surface area contributed by atoms with Crippen LogP contribution in [0, 0.1) is 35.0 Å². The first-order valence-corrected chi connectivity index (χ1v) is 10.6. The molecule has 0 spiro atoms. The zero-order chi connectivity index (χ0) is 19.2. The second-order valence-corrected chi connectivity index (χ2v) is 9.03. The lowest BCUT2D eigenvalue weighted by molar-refractivity contribution is -0.0142. The minimum Gasteiger partial charge on any atom is -0.449 e. The quantitative estimate of drug-likeness (QED) is 0.351. The molecule has 0 aliphatic heterocycles. The first kappa shape index (κ1) is 18.6. The number of hydrogen-bond donors (Lipinski definition) is 1. The Morgan fingerprint density at radius 1 is 1.30 bits per heavy atom. The van der Waals surface area contributed by atoms with E-state index in [1.165, 1.54) is 56.8 Å². The molecule has 4 aliphatic rings. The van der Waals surface area contributed by atoms with E-state index in [1.54, 1.807) is 5.57 Å². The van der Waals surface area contributed by atoms with Crippen molar-refractivity contribution in [1.82, 2.24) is 0 Å². The van der Waals surface area contributed by atoms with Crippen LogP contribution < -0.4 is 0 Å².